The minimum absolute atomic E-state index is 0.225. The summed E-state index contributed by atoms with van der Waals surface area (Å²) in [5.74, 6) is -2.14. The number of ether oxygens (including phenoxy) is 1. The summed E-state index contributed by atoms with van der Waals surface area (Å²) in [6.45, 7) is 6.19. The lowest BCUT2D eigenvalue weighted by molar-refractivity contribution is 0.0504. The van der Waals surface area contributed by atoms with Crippen molar-refractivity contribution in [1.82, 2.24) is 4.90 Å². The van der Waals surface area contributed by atoms with Gasteiger partial charge in [0.25, 0.3) is 5.92 Å². The summed E-state index contributed by atoms with van der Waals surface area (Å²) in [5, 5.41) is 10.2. The standard InChI is InChI=1S/C19H27F2NO2/c1-13(2)15-5-3-4-6-18(15)24-12-14(23)11-22-9-7-16-17(8-10-22)19(16,20)21/h3-6,13-14,16-17,23H,7-12H2,1-2H3. The number of benzene rings is 1. The lowest BCUT2D eigenvalue weighted by Gasteiger charge is -2.24. The molecule has 1 aromatic carbocycles. The third kappa shape index (κ3) is 3.72. The Morgan fingerprint density at radius 3 is 2.46 bits per heavy atom. The Hall–Kier alpha value is -1.20. The molecule has 1 saturated heterocycles. The Kier molecular flexibility index (Phi) is 5.11. The van der Waals surface area contributed by atoms with Crippen molar-refractivity contribution in [2.24, 2.45) is 11.8 Å². The van der Waals surface area contributed by atoms with Gasteiger partial charge in [0.05, 0.1) is 0 Å². The van der Waals surface area contributed by atoms with Gasteiger partial charge in [0, 0.05) is 18.4 Å². The van der Waals surface area contributed by atoms with Gasteiger partial charge in [-0.15, -0.1) is 0 Å². The molecule has 1 saturated carbocycles. The second-order valence-corrected chi connectivity index (χ2v) is 7.42. The predicted molar refractivity (Wildman–Crippen MR) is 89.6 cm³/mol. The van der Waals surface area contributed by atoms with Crippen molar-refractivity contribution in [3.05, 3.63) is 29.8 Å². The summed E-state index contributed by atoms with van der Waals surface area (Å²) in [7, 11) is 0. The normalized spacial score (nSPS) is 27.4. The fourth-order valence-corrected chi connectivity index (χ4v) is 3.81. The molecule has 0 radical (unpaired) electrons. The second kappa shape index (κ2) is 6.96. The van der Waals surface area contributed by atoms with E-state index in [0.717, 1.165) is 11.3 Å². The number of para-hydroxylation sites is 1. The van der Waals surface area contributed by atoms with Crippen LogP contribution in [0.5, 0.6) is 5.75 Å². The Labute approximate surface area is 142 Å². The van der Waals surface area contributed by atoms with E-state index in [9.17, 15) is 13.9 Å². The molecule has 2 aliphatic rings. The number of β-amino-alcohol motifs (C(OH)–C–C–N with tert-alkyl or cyclic N) is 1. The molecule has 0 amide bonds. The van der Waals surface area contributed by atoms with E-state index in [4.69, 9.17) is 4.74 Å². The first-order chi connectivity index (χ1) is 11.4. The van der Waals surface area contributed by atoms with E-state index in [-0.39, 0.29) is 6.61 Å². The summed E-state index contributed by atoms with van der Waals surface area (Å²) in [4.78, 5) is 2.09. The maximum Gasteiger partial charge on any atom is 0.254 e. The van der Waals surface area contributed by atoms with Crippen LogP contribution in [0.1, 0.15) is 38.2 Å². The van der Waals surface area contributed by atoms with E-state index in [1.54, 1.807) is 0 Å². The van der Waals surface area contributed by atoms with Crippen molar-refractivity contribution in [2.45, 2.75) is 44.6 Å². The maximum atomic E-state index is 13.4. The lowest BCUT2D eigenvalue weighted by atomic mass is 10.0. The number of rotatable bonds is 6. The zero-order valence-corrected chi connectivity index (χ0v) is 14.4. The fraction of sp³-hybridized carbons (Fsp3) is 0.684. The number of alkyl halides is 2. The van der Waals surface area contributed by atoms with Gasteiger partial charge >= 0.3 is 0 Å². The Morgan fingerprint density at radius 2 is 1.83 bits per heavy atom. The van der Waals surface area contributed by atoms with Crippen LogP contribution in [-0.2, 0) is 0 Å². The molecular weight excluding hydrogens is 312 g/mol. The van der Waals surface area contributed by atoms with Crippen molar-refractivity contribution in [2.75, 3.05) is 26.2 Å². The fourth-order valence-electron chi connectivity index (χ4n) is 3.81. The quantitative estimate of drug-likeness (QED) is 0.861. The number of likely N-dealkylation sites (tertiary alicyclic amines) is 1. The molecule has 5 heteroatoms. The first-order valence-corrected chi connectivity index (χ1v) is 8.89. The third-order valence-corrected chi connectivity index (χ3v) is 5.32. The van der Waals surface area contributed by atoms with Crippen molar-refractivity contribution in [3.63, 3.8) is 0 Å². The molecule has 0 aromatic heterocycles. The number of hydrogen-bond acceptors (Lipinski definition) is 3. The molecule has 1 N–H and O–H groups in total. The molecule has 3 atom stereocenters. The van der Waals surface area contributed by atoms with Gasteiger partial charge < -0.3 is 14.7 Å². The SMILES string of the molecule is CC(C)c1ccccc1OCC(O)CN1CCC2C(CC1)C2(F)F. The summed E-state index contributed by atoms with van der Waals surface area (Å²) >= 11 is 0. The highest BCUT2D eigenvalue weighted by Crippen LogP contribution is 2.59. The molecule has 3 rings (SSSR count). The Balaban J connectivity index is 1.46. The number of hydrogen-bond donors (Lipinski definition) is 1. The van der Waals surface area contributed by atoms with E-state index < -0.39 is 23.9 Å². The molecule has 3 unspecified atom stereocenters. The van der Waals surface area contributed by atoms with E-state index in [1.807, 2.05) is 24.3 Å². The van der Waals surface area contributed by atoms with Crippen molar-refractivity contribution in [3.8, 4) is 5.75 Å². The highest BCUT2D eigenvalue weighted by atomic mass is 19.3. The van der Waals surface area contributed by atoms with Crippen LogP contribution in [0, 0.1) is 11.8 Å². The zero-order valence-electron chi connectivity index (χ0n) is 14.4. The van der Waals surface area contributed by atoms with Crippen LogP contribution in [0.3, 0.4) is 0 Å². The molecule has 1 heterocycles. The summed E-state index contributed by atoms with van der Waals surface area (Å²) < 4.78 is 32.6. The van der Waals surface area contributed by atoms with Crippen LogP contribution in [0.15, 0.2) is 24.3 Å². The second-order valence-electron chi connectivity index (χ2n) is 7.42. The molecule has 24 heavy (non-hydrogen) atoms. The number of nitrogens with zero attached hydrogens (tertiary/aromatic N) is 1. The third-order valence-electron chi connectivity index (χ3n) is 5.32. The van der Waals surface area contributed by atoms with Crippen LogP contribution in [0.4, 0.5) is 8.78 Å². The largest absolute Gasteiger partial charge is 0.491 e. The lowest BCUT2D eigenvalue weighted by Crippen LogP contribution is -2.37. The number of fused-ring (bicyclic) bond motifs is 1. The molecular formula is C19H27F2NO2. The molecule has 1 aromatic rings. The topological polar surface area (TPSA) is 32.7 Å². The van der Waals surface area contributed by atoms with Crippen LogP contribution >= 0.6 is 0 Å². The molecule has 134 valence electrons. The first-order valence-electron chi connectivity index (χ1n) is 8.89. The first kappa shape index (κ1) is 17.6. The van der Waals surface area contributed by atoms with Gasteiger partial charge in [-0.2, -0.15) is 0 Å². The molecule has 0 spiro atoms. The summed E-state index contributed by atoms with van der Waals surface area (Å²) in [6.07, 6.45) is 0.447. The number of aliphatic hydroxyl groups is 1. The van der Waals surface area contributed by atoms with Gasteiger partial charge in [-0.05, 0) is 43.5 Å². The van der Waals surface area contributed by atoms with E-state index >= 15 is 0 Å². The average molecular weight is 339 g/mol. The summed E-state index contributed by atoms with van der Waals surface area (Å²) in [6, 6.07) is 7.86. The van der Waals surface area contributed by atoms with Crippen molar-refractivity contribution >= 4 is 0 Å². The smallest absolute Gasteiger partial charge is 0.254 e. The Bertz CT molecular complexity index is 548. The van der Waals surface area contributed by atoms with Gasteiger partial charge in [-0.3, -0.25) is 0 Å². The maximum absolute atomic E-state index is 13.4. The van der Waals surface area contributed by atoms with Crippen molar-refractivity contribution in [1.29, 1.82) is 0 Å². The summed E-state index contributed by atoms with van der Waals surface area (Å²) in [5.41, 5.74) is 1.13. The van der Waals surface area contributed by atoms with Gasteiger partial charge in [0.15, 0.2) is 0 Å². The van der Waals surface area contributed by atoms with Crippen LogP contribution < -0.4 is 4.74 Å². The number of aliphatic hydroxyl groups excluding tert-OH is 1. The van der Waals surface area contributed by atoms with Crippen molar-refractivity contribution < 1.29 is 18.6 Å². The van der Waals surface area contributed by atoms with Crippen LogP contribution in [0.25, 0.3) is 0 Å². The highest BCUT2D eigenvalue weighted by Gasteiger charge is 2.67. The molecule has 1 aliphatic carbocycles. The molecule has 0 bridgehead atoms. The molecule has 3 nitrogen and oxygen atoms in total. The monoisotopic (exact) mass is 339 g/mol. The van der Waals surface area contributed by atoms with E-state index in [0.29, 0.717) is 38.4 Å². The average Bonchev–Trinajstić information content (AvgIpc) is 3.15. The minimum Gasteiger partial charge on any atom is -0.491 e. The van der Waals surface area contributed by atoms with Crippen LogP contribution in [0.2, 0.25) is 0 Å². The van der Waals surface area contributed by atoms with E-state index in [2.05, 4.69) is 18.7 Å². The molecule has 2 fully saturated rings. The van der Waals surface area contributed by atoms with Crippen LogP contribution in [-0.4, -0.2) is 48.3 Å². The molecule has 1 aliphatic heterocycles. The highest BCUT2D eigenvalue weighted by molar-refractivity contribution is 5.35. The van der Waals surface area contributed by atoms with Gasteiger partial charge in [-0.25, -0.2) is 8.78 Å². The Morgan fingerprint density at radius 1 is 1.21 bits per heavy atom. The zero-order chi connectivity index (χ0) is 17.3. The minimum atomic E-state index is -2.44. The van der Waals surface area contributed by atoms with Gasteiger partial charge in [0.2, 0.25) is 0 Å². The number of halogens is 2. The van der Waals surface area contributed by atoms with E-state index in [1.165, 1.54) is 0 Å². The van der Waals surface area contributed by atoms with Gasteiger partial charge in [0.1, 0.15) is 18.5 Å². The van der Waals surface area contributed by atoms with Gasteiger partial charge in [-0.1, -0.05) is 32.0 Å². The predicted octanol–water partition coefficient (Wildman–Crippen LogP) is 3.53.